The van der Waals surface area contributed by atoms with Crippen LogP contribution in [0.1, 0.15) is 22.6 Å². The van der Waals surface area contributed by atoms with Gasteiger partial charge < -0.3 is 5.73 Å². The van der Waals surface area contributed by atoms with Crippen LogP contribution < -0.4 is 5.73 Å². The van der Waals surface area contributed by atoms with Crippen LogP contribution in [0.4, 0.5) is 0 Å². The molecule has 2 unspecified atom stereocenters. The fourth-order valence-corrected chi connectivity index (χ4v) is 5.35. The molecule has 2 N–H and O–H groups in total. The third-order valence-electron chi connectivity index (χ3n) is 2.39. The van der Waals surface area contributed by atoms with Crippen molar-refractivity contribution in [2.75, 3.05) is 17.8 Å². The fourth-order valence-electron chi connectivity index (χ4n) is 1.47. The first kappa shape index (κ1) is 15.0. The highest BCUT2D eigenvalue weighted by atomic mass is 32.2. The molecule has 0 amide bonds. The van der Waals surface area contributed by atoms with Gasteiger partial charge in [0, 0.05) is 22.9 Å². The Bertz CT molecular complexity index is 451. The van der Waals surface area contributed by atoms with E-state index in [1.54, 1.807) is 23.1 Å². The zero-order valence-corrected chi connectivity index (χ0v) is 12.8. The monoisotopic (exact) mass is 293 g/mol. The standard InChI is InChI=1S/C11H19NO2S3/c1-8-4-5-15-10(8)11(9(2)12)16-6-7-17(3,13)14/h4-5,9,11H,6-7,12H2,1-3H3. The van der Waals surface area contributed by atoms with E-state index < -0.39 is 9.84 Å². The van der Waals surface area contributed by atoms with Crippen LogP contribution in [0.3, 0.4) is 0 Å². The first-order valence-electron chi connectivity index (χ1n) is 5.40. The van der Waals surface area contributed by atoms with Gasteiger partial charge in [-0.1, -0.05) is 0 Å². The number of sulfone groups is 1. The van der Waals surface area contributed by atoms with E-state index in [1.165, 1.54) is 16.7 Å². The minimum Gasteiger partial charge on any atom is -0.327 e. The van der Waals surface area contributed by atoms with E-state index >= 15 is 0 Å². The Labute approximate surface area is 112 Å². The molecule has 1 aromatic rings. The van der Waals surface area contributed by atoms with Gasteiger partial charge in [-0.25, -0.2) is 8.42 Å². The second-order valence-electron chi connectivity index (χ2n) is 4.25. The van der Waals surface area contributed by atoms with Crippen LogP contribution in [0.5, 0.6) is 0 Å². The van der Waals surface area contributed by atoms with E-state index in [2.05, 4.69) is 18.4 Å². The number of thiophene rings is 1. The van der Waals surface area contributed by atoms with E-state index in [0.29, 0.717) is 5.75 Å². The summed E-state index contributed by atoms with van der Waals surface area (Å²) in [7, 11) is -2.88. The van der Waals surface area contributed by atoms with Crippen molar-refractivity contribution in [3.8, 4) is 0 Å². The summed E-state index contributed by atoms with van der Waals surface area (Å²) in [5, 5.41) is 2.24. The number of thioether (sulfide) groups is 1. The maximum Gasteiger partial charge on any atom is 0.148 e. The van der Waals surface area contributed by atoms with Gasteiger partial charge in [0.25, 0.3) is 0 Å². The van der Waals surface area contributed by atoms with Gasteiger partial charge in [0.15, 0.2) is 0 Å². The average molecular weight is 293 g/mol. The van der Waals surface area contributed by atoms with E-state index in [4.69, 9.17) is 5.73 Å². The lowest BCUT2D eigenvalue weighted by Crippen LogP contribution is -2.23. The van der Waals surface area contributed by atoms with Gasteiger partial charge in [-0.05, 0) is 30.9 Å². The molecule has 0 bridgehead atoms. The molecule has 1 aromatic heterocycles. The molecule has 1 rings (SSSR count). The summed E-state index contributed by atoms with van der Waals surface area (Å²) < 4.78 is 22.2. The molecule has 0 aromatic carbocycles. The molecule has 0 saturated carbocycles. The molecule has 0 aliphatic heterocycles. The molecular formula is C11H19NO2S3. The lowest BCUT2D eigenvalue weighted by molar-refractivity contribution is 0.603. The van der Waals surface area contributed by atoms with Crippen LogP contribution in [0.25, 0.3) is 0 Å². The second kappa shape index (κ2) is 6.22. The van der Waals surface area contributed by atoms with E-state index in [1.807, 2.05) is 6.92 Å². The van der Waals surface area contributed by atoms with Gasteiger partial charge in [0.1, 0.15) is 9.84 Å². The number of nitrogens with two attached hydrogens (primary N) is 1. The average Bonchev–Trinajstić information content (AvgIpc) is 2.57. The Morgan fingerprint density at radius 2 is 2.18 bits per heavy atom. The molecule has 0 spiro atoms. The van der Waals surface area contributed by atoms with Crippen LogP contribution in [0, 0.1) is 6.92 Å². The minimum atomic E-state index is -2.88. The van der Waals surface area contributed by atoms with Crippen molar-refractivity contribution >= 4 is 32.9 Å². The molecular weight excluding hydrogens is 274 g/mol. The summed E-state index contributed by atoms with van der Waals surface area (Å²) in [5.74, 6) is 0.813. The van der Waals surface area contributed by atoms with E-state index in [0.717, 1.165) is 0 Å². The number of rotatable bonds is 6. The molecule has 3 nitrogen and oxygen atoms in total. The van der Waals surface area contributed by atoms with Gasteiger partial charge in [0.05, 0.1) is 11.0 Å². The maximum atomic E-state index is 11.1. The quantitative estimate of drug-likeness (QED) is 0.873. The Balaban J connectivity index is 2.66. The van der Waals surface area contributed by atoms with Gasteiger partial charge in [-0.2, -0.15) is 11.8 Å². The van der Waals surface area contributed by atoms with Crippen LogP contribution in [-0.2, 0) is 9.84 Å². The van der Waals surface area contributed by atoms with Gasteiger partial charge in [-0.3, -0.25) is 0 Å². The fraction of sp³-hybridized carbons (Fsp3) is 0.636. The molecule has 2 atom stereocenters. The number of hydrogen-bond acceptors (Lipinski definition) is 5. The number of aryl methyl sites for hydroxylation is 1. The second-order valence-corrected chi connectivity index (χ2v) is 8.71. The molecule has 17 heavy (non-hydrogen) atoms. The Morgan fingerprint density at radius 1 is 1.53 bits per heavy atom. The Hall–Kier alpha value is -0.0400. The summed E-state index contributed by atoms with van der Waals surface area (Å²) >= 11 is 3.33. The third-order valence-corrected chi connectivity index (χ3v) is 6.31. The largest absolute Gasteiger partial charge is 0.327 e. The molecule has 0 aliphatic rings. The summed E-state index contributed by atoms with van der Waals surface area (Å²) in [6.07, 6.45) is 1.27. The van der Waals surface area contributed by atoms with Gasteiger partial charge in [-0.15, -0.1) is 11.3 Å². The molecule has 0 aliphatic carbocycles. The van der Waals surface area contributed by atoms with Gasteiger partial charge >= 0.3 is 0 Å². The van der Waals surface area contributed by atoms with E-state index in [9.17, 15) is 8.42 Å². The molecule has 6 heteroatoms. The predicted molar refractivity (Wildman–Crippen MR) is 77.6 cm³/mol. The third kappa shape index (κ3) is 4.99. The summed E-state index contributed by atoms with van der Waals surface area (Å²) in [6, 6.07) is 2.10. The normalized spacial score (nSPS) is 15.8. The van der Waals surface area contributed by atoms with Crippen molar-refractivity contribution in [2.24, 2.45) is 5.73 Å². The summed E-state index contributed by atoms with van der Waals surface area (Å²) in [6.45, 7) is 4.04. The molecule has 98 valence electrons. The minimum absolute atomic E-state index is 0.0249. The Kier molecular flexibility index (Phi) is 5.50. The van der Waals surface area contributed by atoms with Crippen molar-refractivity contribution in [2.45, 2.75) is 25.1 Å². The first-order valence-corrected chi connectivity index (χ1v) is 9.39. The highest BCUT2D eigenvalue weighted by Gasteiger charge is 2.20. The smallest absolute Gasteiger partial charge is 0.148 e. The van der Waals surface area contributed by atoms with Crippen LogP contribution >= 0.6 is 23.1 Å². The van der Waals surface area contributed by atoms with Crippen molar-refractivity contribution in [3.63, 3.8) is 0 Å². The molecule has 1 heterocycles. The van der Waals surface area contributed by atoms with Crippen molar-refractivity contribution in [3.05, 3.63) is 21.9 Å². The predicted octanol–water partition coefficient (Wildman–Crippen LogP) is 2.22. The SMILES string of the molecule is Cc1ccsc1C(SCCS(C)(=O)=O)C(C)N. The summed E-state index contributed by atoms with van der Waals surface area (Å²) in [5.41, 5.74) is 7.22. The molecule has 0 radical (unpaired) electrons. The lowest BCUT2D eigenvalue weighted by atomic mass is 10.1. The topological polar surface area (TPSA) is 60.2 Å². The highest BCUT2D eigenvalue weighted by molar-refractivity contribution is 8.01. The van der Waals surface area contributed by atoms with Crippen molar-refractivity contribution < 1.29 is 8.42 Å². The number of hydrogen-bond donors (Lipinski definition) is 1. The van der Waals surface area contributed by atoms with Crippen LogP contribution in [0.15, 0.2) is 11.4 Å². The van der Waals surface area contributed by atoms with Gasteiger partial charge in [0.2, 0.25) is 0 Å². The highest BCUT2D eigenvalue weighted by Crippen LogP contribution is 2.36. The molecule has 0 fully saturated rings. The van der Waals surface area contributed by atoms with Crippen LogP contribution in [-0.4, -0.2) is 32.2 Å². The first-order chi connectivity index (χ1) is 7.81. The Morgan fingerprint density at radius 3 is 2.59 bits per heavy atom. The maximum absolute atomic E-state index is 11.1. The lowest BCUT2D eigenvalue weighted by Gasteiger charge is -2.20. The zero-order chi connectivity index (χ0) is 13.1. The summed E-state index contributed by atoms with van der Waals surface area (Å²) in [4.78, 5) is 1.26. The molecule has 0 saturated heterocycles. The zero-order valence-electron chi connectivity index (χ0n) is 10.3. The van der Waals surface area contributed by atoms with Crippen molar-refractivity contribution in [1.29, 1.82) is 0 Å². The van der Waals surface area contributed by atoms with Crippen LogP contribution in [0.2, 0.25) is 0 Å². The van der Waals surface area contributed by atoms with Crippen molar-refractivity contribution in [1.82, 2.24) is 0 Å². The van der Waals surface area contributed by atoms with E-state index in [-0.39, 0.29) is 17.0 Å².